The number of piperazine rings is 1. The molecule has 2 aromatic rings. The number of hydrogen-bond acceptors (Lipinski definition) is 5. The third-order valence-electron chi connectivity index (χ3n) is 3.67. The van der Waals surface area contributed by atoms with E-state index in [0.29, 0.717) is 12.2 Å². The zero-order chi connectivity index (χ0) is 18.8. The van der Waals surface area contributed by atoms with E-state index >= 15 is 0 Å². The van der Waals surface area contributed by atoms with Crippen LogP contribution in [0.25, 0.3) is 11.3 Å². The lowest BCUT2D eigenvalue weighted by molar-refractivity contribution is -0.134. The number of carbonyl (C=O) groups is 2. The van der Waals surface area contributed by atoms with Crippen molar-refractivity contribution < 1.29 is 19.8 Å². The zero-order valence-corrected chi connectivity index (χ0v) is 14.2. The number of carboxylic acid groups (broad SMARTS) is 2. The molecular formula is C19H21N3O4. The lowest BCUT2D eigenvalue weighted by Gasteiger charge is -2.29. The van der Waals surface area contributed by atoms with Crippen molar-refractivity contribution in [2.45, 2.75) is 0 Å². The van der Waals surface area contributed by atoms with Crippen LogP contribution in [-0.4, -0.2) is 53.3 Å². The summed E-state index contributed by atoms with van der Waals surface area (Å²) in [6.07, 6.45) is 3.10. The van der Waals surface area contributed by atoms with E-state index in [0.717, 1.165) is 31.9 Å². The molecule has 136 valence electrons. The lowest BCUT2D eigenvalue weighted by atomic mass is 10.1. The van der Waals surface area contributed by atoms with E-state index in [2.05, 4.69) is 39.5 Å². The highest BCUT2D eigenvalue weighted by Gasteiger charge is 2.10. The Morgan fingerprint density at radius 1 is 0.962 bits per heavy atom. The second-order valence-corrected chi connectivity index (χ2v) is 5.51. The van der Waals surface area contributed by atoms with Crippen molar-refractivity contribution in [1.82, 2.24) is 10.3 Å². The number of aromatic nitrogens is 1. The van der Waals surface area contributed by atoms with Gasteiger partial charge in [-0.05, 0) is 12.1 Å². The molecule has 7 nitrogen and oxygen atoms in total. The van der Waals surface area contributed by atoms with Crippen molar-refractivity contribution in [1.29, 1.82) is 0 Å². The van der Waals surface area contributed by atoms with Crippen molar-refractivity contribution in [3.8, 4) is 11.3 Å². The van der Waals surface area contributed by atoms with Gasteiger partial charge >= 0.3 is 11.9 Å². The molecule has 0 aliphatic carbocycles. The Labute approximate surface area is 151 Å². The van der Waals surface area contributed by atoms with Gasteiger partial charge in [0.1, 0.15) is 0 Å². The van der Waals surface area contributed by atoms with Gasteiger partial charge in [0.05, 0.1) is 17.6 Å². The maximum absolute atomic E-state index is 9.55. The van der Waals surface area contributed by atoms with E-state index in [1.54, 1.807) is 0 Å². The molecule has 0 unspecified atom stereocenters. The first-order valence-electron chi connectivity index (χ1n) is 8.17. The molecule has 7 heteroatoms. The summed E-state index contributed by atoms with van der Waals surface area (Å²) in [4.78, 5) is 26.0. The van der Waals surface area contributed by atoms with Crippen LogP contribution in [0.5, 0.6) is 0 Å². The molecule has 1 aromatic heterocycles. The number of rotatable bonds is 4. The second-order valence-electron chi connectivity index (χ2n) is 5.51. The fraction of sp³-hybridized carbons (Fsp3) is 0.211. The van der Waals surface area contributed by atoms with Crippen LogP contribution in [0.15, 0.2) is 60.8 Å². The van der Waals surface area contributed by atoms with E-state index in [-0.39, 0.29) is 0 Å². The predicted octanol–water partition coefficient (Wildman–Crippen LogP) is 1.87. The van der Waals surface area contributed by atoms with Gasteiger partial charge in [0.25, 0.3) is 0 Å². The van der Waals surface area contributed by atoms with Gasteiger partial charge < -0.3 is 20.4 Å². The maximum Gasteiger partial charge on any atom is 0.328 e. The summed E-state index contributed by atoms with van der Waals surface area (Å²) in [5.41, 5.74) is 3.43. The summed E-state index contributed by atoms with van der Waals surface area (Å²) in [6, 6.07) is 14.6. The molecule has 0 bridgehead atoms. The van der Waals surface area contributed by atoms with Crippen LogP contribution < -0.4 is 10.2 Å². The molecular weight excluding hydrogens is 334 g/mol. The Balaban J connectivity index is 0.000000260. The van der Waals surface area contributed by atoms with Gasteiger partial charge in [0.2, 0.25) is 0 Å². The van der Waals surface area contributed by atoms with Gasteiger partial charge in [0.15, 0.2) is 0 Å². The SMILES string of the molecule is O=C(O)/C=C/C(=O)O.c1ccc(-c2ccc(N3CCNCC3)cn2)cc1. The largest absolute Gasteiger partial charge is 0.478 e. The number of anilines is 1. The van der Waals surface area contributed by atoms with Crippen molar-refractivity contribution in [2.24, 2.45) is 0 Å². The number of aliphatic carboxylic acids is 2. The summed E-state index contributed by atoms with van der Waals surface area (Å²) in [5, 5.41) is 19.0. The predicted molar refractivity (Wildman–Crippen MR) is 99.2 cm³/mol. The van der Waals surface area contributed by atoms with E-state index in [1.165, 1.54) is 11.3 Å². The summed E-state index contributed by atoms with van der Waals surface area (Å²) in [5.74, 6) is -2.51. The van der Waals surface area contributed by atoms with Crippen molar-refractivity contribution in [3.05, 3.63) is 60.8 Å². The first-order valence-corrected chi connectivity index (χ1v) is 8.17. The average molecular weight is 355 g/mol. The minimum Gasteiger partial charge on any atom is -0.478 e. The summed E-state index contributed by atoms with van der Waals surface area (Å²) in [7, 11) is 0. The van der Waals surface area contributed by atoms with Gasteiger partial charge in [-0.2, -0.15) is 0 Å². The number of nitrogens with one attached hydrogen (secondary N) is 1. The Bertz CT molecular complexity index is 723. The lowest BCUT2D eigenvalue weighted by Crippen LogP contribution is -2.43. The Morgan fingerprint density at radius 3 is 2.08 bits per heavy atom. The highest BCUT2D eigenvalue weighted by atomic mass is 16.4. The molecule has 0 radical (unpaired) electrons. The van der Waals surface area contributed by atoms with Crippen LogP contribution in [0.4, 0.5) is 5.69 Å². The molecule has 1 fully saturated rings. The molecule has 0 spiro atoms. The van der Waals surface area contributed by atoms with E-state index < -0.39 is 11.9 Å². The Morgan fingerprint density at radius 2 is 1.58 bits per heavy atom. The monoisotopic (exact) mass is 355 g/mol. The standard InChI is InChI=1S/C15H17N3.C4H4O4/c1-2-4-13(5-3-1)15-7-6-14(12-17-15)18-10-8-16-9-11-18;5-3(6)1-2-4(7)8/h1-7,12,16H,8-11H2;1-2H,(H,5,6)(H,7,8)/b;2-1+. The fourth-order valence-electron chi connectivity index (χ4n) is 2.42. The molecule has 26 heavy (non-hydrogen) atoms. The van der Waals surface area contributed by atoms with Crippen LogP contribution >= 0.6 is 0 Å². The molecule has 3 rings (SSSR count). The summed E-state index contributed by atoms with van der Waals surface area (Å²) in [6.45, 7) is 4.24. The van der Waals surface area contributed by atoms with E-state index in [1.807, 2.05) is 24.4 Å². The normalized spacial score (nSPS) is 13.8. The molecule has 0 saturated carbocycles. The number of carboxylic acids is 2. The number of pyridine rings is 1. The molecule has 1 saturated heterocycles. The second kappa shape index (κ2) is 9.95. The van der Waals surface area contributed by atoms with Crippen LogP contribution in [0, 0.1) is 0 Å². The number of nitrogens with zero attached hydrogens (tertiary/aromatic N) is 2. The minimum atomic E-state index is -1.26. The van der Waals surface area contributed by atoms with Crippen LogP contribution in [-0.2, 0) is 9.59 Å². The van der Waals surface area contributed by atoms with Crippen LogP contribution in [0.2, 0.25) is 0 Å². The fourth-order valence-corrected chi connectivity index (χ4v) is 2.42. The molecule has 2 heterocycles. The van der Waals surface area contributed by atoms with Crippen molar-refractivity contribution in [3.63, 3.8) is 0 Å². The molecule has 0 amide bonds. The van der Waals surface area contributed by atoms with Crippen LogP contribution in [0.3, 0.4) is 0 Å². The maximum atomic E-state index is 9.55. The minimum absolute atomic E-state index is 0.558. The van der Waals surface area contributed by atoms with E-state index in [9.17, 15) is 9.59 Å². The van der Waals surface area contributed by atoms with Crippen molar-refractivity contribution in [2.75, 3.05) is 31.1 Å². The third-order valence-corrected chi connectivity index (χ3v) is 3.67. The first kappa shape index (κ1) is 19.1. The third kappa shape index (κ3) is 6.37. The average Bonchev–Trinajstić information content (AvgIpc) is 2.68. The Kier molecular flexibility index (Phi) is 7.32. The first-order chi connectivity index (χ1) is 12.6. The Hall–Kier alpha value is -3.19. The highest BCUT2D eigenvalue weighted by Crippen LogP contribution is 2.20. The zero-order valence-electron chi connectivity index (χ0n) is 14.2. The van der Waals surface area contributed by atoms with Gasteiger partial charge in [0, 0.05) is 43.9 Å². The number of hydrogen-bond donors (Lipinski definition) is 3. The molecule has 1 aliphatic heterocycles. The summed E-state index contributed by atoms with van der Waals surface area (Å²) < 4.78 is 0. The highest BCUT2D eigenvalue weighted by molar-refractivity contribution is 5.89. The van der Waals surface area contributed by atoms with Gasteiger partial charge in [-0.3, -0.25) is 4.98 Å². The van der Waals surface area contributed by atoms with Crippen LogP contribution in [0.1, 0.15) is 0 Å². The molecule has 0 atom stereocenters. The van der Waals surface area contributed by atoms with Crippen molar-refractivity contribution >= 4 is 17.6 Å². The smallest absolute Gasteiger partial charge is 0.328 e. The van der Waals surface area contributed by atoms with Gasteiger partial charge in [-0.15, -0.1) is 0 Å². The van der Waals surface area contributed by atoms with Gasteiger partial charge in [-0.1, -0.05) is 30.3 Å². The molecule has 1 aromatic carbocycles. The number of benzene rings is 1. The van der Waals surface area contributed by atoms with E-state index in [4.69, 9.17) is 10.2 Å². The topological polar surface area (TPSA) is 103 Å². The summed E-state index contributed by atoms with van der Waals surface area (Å²) >= 11 is 0. The molecule has 1 aliphatic rings. The molecule has 3 N–H and O–H groups in total. The quantitative estimate of drug-likeness (QED) is 0.720. The van der Waals surface area contributed by atoms with Gasteiger partial charge in [-0.25, -0.2) is 9.59 Å².